The van der Waals surface area contributed by atoms with E-state index in [9.17, 15) is 14.0 Å². The Morgan fingerprint density at radius 2 is 1.91 bits per heavy atom. The highest BCUT2D eigenvalue weighted by Gasteiger charge is 2.33. The topological polar surface area (TPSA) is 62.6 Å². The van der Waals surface area contributed by atoms with Crippen LogP contribution in [0.1, 0.15) is 5.76 Å². The maximum absolute atomic E-state index is 12.9. The molecule has 0 spiro atoms. The van der Waals surface area contributed by atoms with Crippen molar-refractivity contribution in [1.82, 2.24) is 5.43 Å². The molecule has 22 heavy (non-hydrogen) atoms. The van der Waals surface area contributed by atoms with Crippen molar-refractivity contribution in [1.29, 1.82) is 0 Å². The van der Waals surface area contributed by atoms with Crippen molar-refractivity contribution in [2.24, 2.45) is 0 Å². The van der Waals surface area contributed by atoms with E-state index in [1.54, 1.807) is 24.3 Å². The van der Waals surface area contributed by atoms with Crippen LogP contribution in [0, 0.1) is 5.82 Å². The third-order valence-corrected chi connectivity index (χ3v) is 3.04. The van der Waals surface area contributed by atoms with Crippen LogP contribution in [0.5, 0.6) is 0 Å². The minimum Gasteiger partial charge on any atom is -0.465 e. The molecule has 5 nitrogen and oxygen atoms in total. The largest absolute Gasteiger partial charge is 0.465 e. The Balaban J connectivity index is 1.80. The molecule has 1 aliphatic rings. The van der Waals surface area contributed by atoms with Gasteiger partial charge in [0.25, 0.3) is 11.8 Å². The van der Waals surface area contributed by atoms with E-state index in [0.717, 1.165) is 5.01 Å². The molecular formula is C16H11FN2O3. The number of nitrogens with one attached hydrogen (secondary N) is 1. The van der Waals surface area contributed by atoms with Gasteiger partial charge < -0.3 is 4.42 Å². The van der Waals surface area contributed by atoms with Crippen molar-refractivity contribution in [3.8, 4) is 0 Å². The van der Waals surface area contributed by atoms with Gasteiger partial charge in [-0.1, -0.05) is 6.08 Å². The molecule has 0 atom stereocenters. The normalized spacial score (nSPS) is 16.8. The summed E-state index contributed by atoms with van der Waals surface area (Å²) in [6.45, 7) is 0. The van der Waals surface area contributed by atoms with Gasteiger partial charge in [-0.15, -0.1) is 0 Å². The van der Waals surface area contributed by atoms with Crippen LogP contribution in [0.4, 0.5) is 10.1 Å². The van der Waals surface area contributed by atoms with Gasteiger partial charge in [-0.05, 0) is 48.6 Å². The Morgan fingerprint density at radius 1 is 1.14 bits per heavy atom. The van der Waals surface area contributed by atoms with E-state index in [2.05, 4.69) is 5.43 Å². The van der Waals surface area contributed by atoms with Crippen molar-refractivity contribution in [2.75, 3.05) is 5.01 Å². The van der Waals surface area contributed by atoms with Gasteiger partial charge in [0, 0.05) is 0 Å². The highest BCUT2D eigenvalue weighted by Crippen LogP contribution is 2.20. The molecule has 1 aromatic carbocycles. The van der Waals surface area contributed by atoms with Gasteiger partial charge in [-0.3, -0.25) is 15.0 Å². The molecule has 3 rings (SSSR count). The van der Waals surface area contributed by atoms with Crippen LogP contribution in [0.15, 0.2) is 64.8 Å². The summed E-state index contributed by atoms with van der Waals surface area (Å²) in [5, 5.41) is 1.08. The number of benzene rings is 1. The van der Waals surface area contributed by atoms with Gasteiger partial charge in [0.05, 0.1) is 12.0 Å². The van der Waals surface area contributed by atoms with Gasteiger partial charge in [-0.25, -0.2) is 9.40 Å². The predicted octanol–water partition coefficient (Wildman–Crippen LogP) is 2.44. The maximum Gasteiger partial charge on any atom is 0.282 e. The molecular weight excluding hydrogens is 287 g/mol. The van der Waals surface area contributed by atoms with Gasteiger partial charge >= 0.3 is 0 Å². The summed E-state index contributed by atoms with van der Waals surface area (Å²) in [5.41, 5.74) is 2.81. The number of rotatable bonds is 3. The molecule has 110 valence electrons. The number of anilines is 1. The summed E-state index contributed by atoms with van der Waals surface area (Å²) in [7, 11) is 0. The minimum atomic E-state index is -0.515. The third-order valence-electron chi connectivity index (χ3n) is 3.04. The van der Waals surface area contributed by atoms with E-state index >= 15 is 0 Å². The number of amides is 2. The SMILES string of the molecule is O=C1NN(c2ccc(F)cc2)C(=O)/C1=C\C=C\c1ccco1. The molecule has 1 fully saturated rings. The lowest BCUT2D eigenvalue weighted by atomic mass is 10.2. The molecule has 2 heterocycles. The number of halogens is 1. The molecule has 0 aliphatic carbocycles. The number of hydrogen-bond acceptors (Lipinski definition) is 3. The monoisotopic (exact) mass is 298 g/mol. The second-order valence-electron chi connectivity index (χ2n) is 4.51. The van der Waals surface area contributed by atoms with Crippen LogP contribution in [-0.4, -0.2) is 11.8 Å². The fourth-order valence-corrected chi connectivity index (χ4v) is 1.97. The van der Waals surface area contributed by atoms with Crippen molar-refractivity contribution >= 4 is 23.6 Å². The zero-order valence-electron chi connectivity index (χ0n) is 11.3. The Hall–Kier alpha value is -3.15. The molecule has 0 unspecified atom stereocenters. The van der Waals surface area contributed by atoms with Crippen molar-refractivity contribution in [3.05, 3.63) is 72.0 Å². The van der Waals surface area contributed by atoms with Crippen LogP contribution in [0.25, 0.3) is 6.08 Å². The van der Waals surface area contributed by atoms with Crippen LogP contribution in [0.2, 0.25) is 0 Å². The van der Waals surface area contributed by atoms with Crippen molar-refractivity contribution in [3.63, 3.8) is 0 Å². The number of carbonyl (C=O) groups excluding carboxylic acids is 2. The number of nitrogens with zero attached hydrogens (tertiary/aromatic N) is 1. The molecule has 0 radical (unpaired) electrons. The van der Waals surface area contributed by atoms with Gasteiger partial charge in [-0.2, -0.15) is 0 Å². The molecule has 1 saturated heterocycles. The van der Waals surface area contributed by atoms with Crippen LogP contribution in [-0.2, 0) is 9.59 Å². The smallest absolute Gasteiger partial charge is 0.282 e. The Labute approximate surface area is 125 Å². The Kier molecular flexibility index (Phi) is 3.57. The molecule has 2 amide bonds. The first kappa shape index (κ1) is 13.8. The van der Waals surface area contributed by atoms with Gasteiger partial charge in [0.1, 0.15) is 17.2 Å². The summed E-state index contributed by atoms with van der Waals surface area (Å²) in [5.74, 6) is -0.823. The van der Waals surface area contributed by atoms with E-state index in [0.29, 0.717) is 11.4 Å². The van der Waals surface area contributed by atoms with E-state index in [1.165, 1.54) is 36.6 Å². The lowest BCUT2D eigenvalue weighted by Gasteiger charge is -2.14. The van der Waals surface area contributed by atoms with Crippen molar-refractivity contribution < 1.29 is 18.4 Å². The number of hydrazine groups is 1. The highest BCUT2D eigenvalue weighted by molar-refractivity contribution is 6.29. The highest BCUT2D eigenvalue weighted by atomic mass is 19.1. The minimum absolute atomic E-state index is 0.00729. The molecule has 1 aliphatic heterocycles. The lowest BCUT2D eigenvalue weighted by molar-refractivity contribution is -0.117. The van der Waals surface area contributed by atoms with E-state index in [4.69, 9.17) is 4.42 Å². The first-order valence-corrected chi connectivity index (χ1v) is 6.48. The Bertz CT molecular complexity index is 761. The number of allylic oxidation sites excluding steroid dienone is 2. The molecule has 0 saturated carbocycles. The molecule has 6 heteroatoms. The summed E-state index contributed by atoms with van der Waals surface area (Å²) in [6.07, 6.45) is 6.12. The molecule has 2 aromatic rings. The average molecular weight is 298 g/mol. The number of furan rings is 1. The summed E-state index contributed by atoms with van der Waals surface area (Å²) in [4.78, 5) is 24.1. The van der Waals surface area contributed by atoms with Crippen LogP contribution >= 0.6 is 0 Å². The van der Waals surface area contributed by atoms with E-state index in [-0.39, 0.29) is 5.57 Å². The second kappa shape index (κ2) is 5.69. The second-order valence-corrected chi connectivity index (χ2v) is 4.51. The fraction of sp³-hybridized carbons (Fsp3) is 0. The maximum atomic E-state index is 12.9. The fourth-order valence-electron chi connectivity index (χ4n) is 1.97. The summed E-state index contributed by atoms with van der Waals surface area (Å²) < 4.78 is 18.0. The Morgan fingerprint density at radius 3 is 2.59 bits per heavy atom. The van der Waals surface area contributed by atoms with Gasteiger partial charge in [0.15, 0.2) is 0 Å². The molecule has 1 N–H and O–H groups in total. The first-order valence-electron chi connectivity index (χ1n) is 6.48. The zero-order chi connectivity index (χ0) is 15.5. The number of carbonyl (C=O) groups is 2. The lowest BCUT2D eigenvalue weighted by Crippen LogP contribution is -2.35. The van der Waals surface area contributed by atoms with E-state index < -0.39 is 17.6 Å². The quantitative estimate of drug-likeness (QED) is 0.699. The summed E-state index contributed by atoms with van der Waals surface area (Å²) in [6, 6.07) is 8.73. The predicted molar refractivity (Wildman–Crippen MR) is 77.9 cm³/mol. The third kappa shape index (κ3) is 2.67. The molecule has 0 bridgehead atoms. The van der Waals surface area contributed by atoms with Crippen LogP contribution < -0.4 is 10.4 Å². The number of hydrogen-bond donors (Lipinski definition) is 1. The first-order chi connectivity index (χ1) is 10.6. The van der Waals surface area contributed by atoms with Gasteiger partial charge in [0.2, 0.25) is 0 Å². The zero-order valence-corrected chi connectivity index (χ0v) is 11.3. The standard InChI is InChI=1S/C16H11FN2O3/c17-11-6-8-12(9-7-11)19-16(21)14(15(20)18-19)5-1-3-13-4-2-10-22-13/h1-10H,(H,18,20)/b3-1+,14-5-. The van der Waals surface area contributed by atoms with Crippen molar-refractivity contribution in [2.45, 2.75) is 0 Å². The van der Waals surface area contributed by atoms with Crippen LogP contribution in [0.3, 0.4) is 0 Å². The van der Waals surface area contributed by atoms with E-state index in [1.807, 2.05) is 0 Å². The average Bonchev–Trinajstić information content (AvgIpc) is 3.11. The molecule has 1 aromatic heterocycles. The summed E-state index contributed by atoms with van der Waals surface area (Å²) >= 11 is 0.